The van der Waals surface area contributed by atoms with Gasteiger partial charge in [-0.25, -0.2) is 0 Å². The van der Waals surface area contributed by atoms with Crippen LogP contribution in [0.15, 0.2) is 0 Å². The third-order valence-corrected chi connectivity index (χ3v) is 7.09. The number of hydrogen-bond donors (Lipinski definition) is 11. The van der Waals surface area contributed by atoms with Crippen LogP contribution >= 0.6 is 0 Å². The molecule has 37 heavy (non-hydrogen) atoms. The molecule has 3 rings (SSSR count). The standard InChI is InChI=1S/C21H38O16/c1-21(2,37-20-16(31)12(27)10(25)7(4-23)35-20)9-6(3-22)34-19(15(30)11(9)26)36-17-8(5-24)33-18(32)14(29)13(17)28/h6-20,22-32H,3-5H2,1-2H3. The van der Waals surface area contributed by atoms with E-state index in [1.54, 1.807) is 0 Å². The minimum Gasteiger partial charge on any atom is -0.394 e. The molecule has 15 atom stereocenters. The van der Waals surface area contributed by atoms with Gasteiger partial charge < -0.3 is 79.9 Å². The quantitative estimate of drug-likeness (QED) is 0.135. The van der Waals surface area contributed by atoms with Crippen molar-refractivity contribution < 1.29 is 79.9 Å². The molecule has 0 aromatic rings. The molecule has 3 aliphatic heterocycles. The van der Waals surface area contributed by atoms with Crippen LogP contribution in [0.2, 0.25) is 0 Å². The Bertz CT molecular complexity index is 721. The van der Waals surface area contributed by atoms with E-state index in [2.05, 4.69) is 0 Å². The molecule has 16 nitrogen and oxygen atoms in total. The van der Waals surface area contributed by atoms with Crippen LogP contribution in [0.5, 0.6) is 0 Å². The number of ether oxygens (including phenoxy) is 5. The van der Waals surface area contributed by atoms with E-state index in [4.69, 9.17) is 23.7 Å². The lowest BCUT2D eigenvalue weighted by molar-refractivity contribution is -0.372. The Morgan fingerprint density at radius 2 is 1.11 bits per heavy atom. The lowest BCUT2D eigenvalue weighted by Gasteiger charge is -2.51. The highest BCUT2D eigenvalue weighted by Gasteiger charge is 2.56. The average Bonchev–Trinajstić information content (AvgIpc) is 2.86. The van der Waals surface area contributed by atoms with E-state index in [0.29, 0.717) is 0 Å². The summed E-state index contributed by atoms with van der Waals surface area (Å²) in [4.78, 5) is 0. The molecule has 0 aliphatic carbocycles. The van der Waals surface area contributed by atoms with Gasteiger partial charge in [-0.3, -0.25) is 0 Å². The summed E-state index contributed by atoms with van der Waals surface area (Å²) in [5, 5.41) is 111. The summed E-state index contributed by atoms with van der Waals surface area (Å²) in [5.74, 6) is -1.21. The normalized spacial score (nSPS) is 49.7. The van der Waals surface area contributed by atoms with E-state index in [9.17, 15) is 56.2 Å². The van der Waals surface area contributed by atoms with Crippen molar-refractivity contribution in [1.29, 1.82) is 0 Å². The first-order chi connectivity index (χ1) is 17.3. The minimum absolute atomic E-state index is 0.700. The van der Waals surface area contributed by atoms with Crippen LogP contribution < -0.4 is 0 Å². The summed E-state index contributed by atoms with van der Waals surface area (Å²) in [6.45, 7) is 0.656. The Labute approximate surface area is 211 Å². The fourth-order valence-electron chi connectivity index (χ4n) is 4.99. The molecule has 0 amide bonds. The molecule has 0 aromatic carbocycles. The maximum absolute atomic E-state index is 11.0. The van der Waals surface area contributed by atoms with Crippen molar-refractivity contribution >= 4 is 0 Å². The predicted molar refractivity (Wildman–Crippen MR) is 115 cm³/mol. The molecule has 0 radical (unpaired) electrons. The maximum atomic E-state index is 11.0. The highest BCUT2D eigenvalue weighted by molar-refractivity contribution is 5.00. The van der Waals surface area contributed by atoms with Gasteiger partial charge in [-0.1, -0.05) is 0 Å². The van der Waals surface area contributed by atoms with E-state index in [1.807, 2.05) is 0 Å². The summed E-state index contributed by atoms with van der Waals surface area (Å²) >= 11 is 0. The average molecular weight is 547 g/mol. The molecule has 218 valence electrons. The Morgan fingerprint density at radius 3 is 1.68 bits per heavy atom. The topological polar surface area (TPSA) is 269 Å². The molecule has 11 N–H and O–H groups in total. The minimum atomic E-state index is -1.83. The lowest BCUT2D eigenvalue weighted by Crippen LogP contribution is -2.67. The van der Waals surface area contributed by atoms with Gasteiger partial charge in [0.1, 0.15) is 54.9 Å². The van der Waals surface area contributed by atoms with E-state index < -0.39 is 117 Å². The van der Waals surface area contributed by atoms with Crippen LogP contribution in [0.25, 0.3) is 0 Å². The third kappa shape index (κ3) is 6.09. The summed E-state index contributed by atoms with van der Waals surface area (Å²) in [6, 6.07) is 0. The van der Waals surface area contributed by atoms with E-state index >= 15 is 0 Å². The van der Waals surface area contributed by atoms with Crippen molar-refractivity contribution in [3.8, 4) is 0 Å². The summed E-state index contributed by atoms with van der Waals surface area (Å²) < 4.78 is 27.3. The lowest BCUT2D eigenvalue weighted by atomic mass is 9.77. The largest absolute Gasteiger partial charge is 0.394 e. The van der Waals surface area contributed by atoms with Gasteiger partial charge in [0.05, 0.1) is 37.6 Å². The predicted octanol–water partition coefficient (Wildman–Crippen LogP) is -6.55. The number of aliphatic hydroxyl groups is 11. The van der Waals surface area contributed by atoms with Crippen LogP contribution in [0.4, 0.5) is 0 Å². The Kier molecular flexibility index (Phi) is 10.2. The van der Waals surface area contributed by atoms with Crippen molar-refractivity contribution in [2.24, 2.45) is 5.92 Å². The van der Waals surface area contributed by atoms with Crippen LogP contribution in [0, 0.1) is 5.92 Å². The van der Waals surface area contributed by atoms with Crippen molar-refractivity contribution in [2.75, 3.05) is 19.8 Å². The van der Waals surface area contributed by atoms with Crippen LogP contribution in [0.3, 0.4) is 0 Å². The molecular formula is C21H38O16. The molecule has 0 aromatic heterocycles. The monoisotopic (exact) mass is 546 g/mol. The first-order valence-electron chi connectivity index (χ1n) is 11.9. The molecule has 0 bridgehead atoms. The van der Waals surface area contributed by atoms with Crippen molar-refractivity contribution in [3.05, 3.63) is 0 Å². The fourth-order valence-corrected chi connectivity index (χ4v) is 4.99. The van der Waals surface area contributed by atoms with Gasteiger partial charge >= 0.3 is 0 Å². The maximum Gasteiger partial charge on any atom is 0.187 e. The van der Waals surface area contributed by atoms with Gasteiger partial charge in [-0.15, -0.1) is 0 Å². The zero-order valence-electron chi connectivity index (χ0n) is 20.2. The van der Waals surface area contributed by atoms with E-state index in [-0.39, 0.29) is 0 Å². The summed E-state index contributed by atoms with van der Waals surface area (Å²) in [6.07, 6.45) is -22.7. The zero-order chi connectivity index (χ0) is 27.8. The van der Waals surface area contributed by atoms with Gasteiger partial charge in [-0.05, 0) is 13.8 Å². The van der Waals surface area contributed by atoms with Crippen molar-refractivity contribution in [2.45, 2.75) is 105 Å². The van der Waals surface area contributed by atoms with E-state index in [0.717, 1.165) is 0 Å². The number of aliphatic hydroxyl groups excluding tert-OH is 11. The molecule has 16 heteroatoms. The number of rotatable bonds is 8. The smallest absolute Gasteiger partial charge is 0.187 e. The highest BCUT2D eigenvalue weighted by Crippen LogP contribution is 2.39. The Hall–Kier alpha value is -0.640. The molecule has 3 heterocycles. The Morgan fingerprint density at radius 1 is 0.568 bits per heavy atom. The number of hydrogen-bond acceptors (Lipinski definition) is 16. The van der Waals surface area contributed by atoms with E-state index in [1.165, 1.54) is 13.8 Å². The first-order valence-corrected chi connectivity index (χ1v) is 11.9. The second kappa shape index (κ2) is 12.3. The summed E-state index contributed by atoms with van der Waals surface area (Å²) in [7, 11) is 0. The van der Waals surface area contributed by atoms with Crippen LogP contribution in [-0.4, -0.2) is 168 Å². The first kappa shape index (κ1) is 30.9. The second-order valence-corrected chi connectivity index (χ2v) is 9.98. The zero-order valence-corrected chi connectivity index (χ0v) is 20.2. The van der Waals surface area contributed by atoms with Crippen LogP contribution in [-0.2, 0) is 23.7 Å². The third-order valence-electron chi connectivity index (χ3n) is 7.09. The SMILES string of the molecule is CC(C)(OC1OC(CO)C(O)C(O)C1O)C1C(CO)OC(OC2C(CO)OC(O)C(O)C2O)C(O)C1O. The van der Waals surface area contributed by atoms with Crippen molar-refractivity contribution in [1.82, 2.24) is 0 Å². The molecular weight excluding hydrogens is 508 g/mol. The molecule has 3 fully saturated rings. The molecule has 0 saturated carbocycles. The highest BCUT2D eigenvalue weighted by atomic mass is 16.7. The molecule has 3 saturated heterocycles. The molecule has 0 spiro atoms. The Balaban J connectivity index is 1.76. The van der Waals surface area contributed by atoms with Crippen molar-refractivity contribution in [3.63, 3.8) is 0 Å². The molecule has 15 unspecified atom stereocenters. The molecule has 3 aliphatic rings. The fraction of sp³-hybridized carbons (Fsp3) is 1.00. The van der Waals surface area contributed by atoms with Crippen LogP contribution in [0.1, 0.15) is 13.8 Å². The van der Waals surface area contributed by atoms with Gasteiger partial charge in [0.25, 0.3) is 0 Å². The van der Waals surface area contributed by atoms with Gasteiger partial charge in [-0.2, -0.15) is 0 Å². The van der Waals surface area contributed by atoms with Gasteiger partial charge in [0.2, 0.25) is 0 Å². The van der Waals surface area contributed by atoms with Gasteiger partial charge in [0.15, 0.2) is 18.9 Å². The second-order valence-electron chi connectivity index (χ2n) is 9.98. The van der Waals surface area contributed by atoms with Gasteiger partial charge in [0, 0.05) is 5.92 Å². The summed E-state index contributed by atoms with van der Waals surface area (Å²) in [5.41, 5.74) is -1.55.